The summed E-state index contributed by atoms with van der Waals surface area (Å²) < 4.78 is 1.18. The van der Waals surface area contributed by atoms with E-state index in [9.17, 15) is 14.4 Å². The minimum atomic E-state index is -0.645. The number of aliphatic imine (C=N–C) groups is 1. The normalized spacial score (nSPS) is 12.1. The summed E-state index contributed by atoms with van der Waals surface area (Å²) in [5, 5.41) is 3.26. The molecule has 31 heavy (non-hydrogen) atoms. The Morgan fingerprint density at radius 2 is 1.94 bits per heavy atom. The van der Waals surface area contributed by atoms with Crippen molar-refractivity contribution in [3.63, 3.8) is 0 Å². The second kappa shape index (κ2) is 12.7. The van der Waals surface area contributed by atoms with E-state index in [0.717, 1.165) is 0 Å². The Morgan fingerprint density at radius 1 is 1.26 bits per heavy atom. The molecule has 7 N–H and O–H groups in total. The molecule has 1 amide bonds. The summed E-state index contributed by atoms with van der Waals surface area (Å²) in [6.45, 7) is 8.55. The molecule has 1 aromatic rings. The van der Waals surface area contributed by atoms with Crippen LogP contribution in [0.4, 0.5) is 5.82 Å². The van der Waals surface area contributed by atoms with Gasteiger partial charge < -0.3 is 27.4 Å². The molecule has 11 heteroatoms. The summed E-state index contributed by atoms with van der Waals surface area (Å²) in [6, 6.07) is 1.03. The fraction of sp³-hybridized carbons (Fsp3) is 0.650. The number of nitrogens with one attached hydrogen (secondary N) is 1. The number of nitrogens with zero attached hydrogens (tertiary/aromatic N) is 4. The van der Waals surface area contributed by atoms with Gasteiger partial charge in [-0.2, -0.15) is 4.98 Å². The lowest BCUT2D eigenvalue weighted by Crippen LogP contribution is -2.51. The molecule has 174 valence electrons. The summed E-state index contributed by atoms with van der Waals surface area (Å²) in [6.07, 6.45) is 2.37. The number of nitrogen functional groups attached to an aromatic ring is 1. The minimum absolute atomic E-state index is 0.0176. The van der Waals surface area contributed by atoms with E-state index in [-0.39, 0.29) is 42.0 Å². The number of nitrogens with two attached hydrogens (primary N) is 3. The molecule has 0 bridgehead atoms. The van der Waals surface area contributed by atoms with Crippen molar-refractivity contribution in [1.82, 2.24) is 19.8 Å². The molecule has 0 radical (unpaired) electrons. The van der Waals surface area contributed by atoms with Gasteiger partial charge in [0, 0.05) is 37.8 Å². The molecule has 0 aliphatic rings. The van der Waals surface area contributed by atoms with Gasteiger partial charge in [0.15, 0.2) is 11.7 Å². The summed E-state index contributed by atoms with van der Waals surface area (Å²) in [5.74, 6) is -0.594. The fourth-order valence-corrected chi connectivity index (χ4v) is 3.06. The number of anilines is 1. The molecule has 0 aliphatic carbocycles. The predicted octanol–water partition coefficient (Wildman–Crippen LogP) is -0.701. The van der Waals surface area contributed by atoms with E-state index in [4.69, 9.17) is 17.2 Å². The van der Waals surface area contributed by atoms with E-state index < -0.39 is 11.7 Å². The Morgan fingerprint density at radius 3 is 2.48 bits per heavy atom. The van der Waals surface area contributed by atoms with Gasteiger partial charge in [0.25, 0.3) is 0 Å². The molecule has 0 fully saturated rings. The molecular weight excluding hydrogens is 400 g/mol. The maximum atomic E-state index is 13.2. The zero-order chi connectivity index (χ0) is 23.6. The van der Waals surface area contributed by atoms with Crippen LogP contribution in [0.25, 0.3) is 0 Å². The number of carbonyl (C=O) groups excluding carboxylic acids is 2. The van der Waals surface area contributed by atoms with E-state index in [1.54, 1.807) is 13.8 Å². The Kier molecular flexibility index (Phi) is 10.7. The minimum Gasteiger partial charge on any atom is -0.383 e. The van der Waals surface area contributed by atoms with Crippen LogP contribution in [0.5, 0.6) is 0 Å². The lowest BCUT2D eigenvalue weighted by Gasteiger charge is -2.32. The van der Waals surface area contributed by atoms with Gasteiger partial charge in [-0.05, 0) is 18.9 Å². The molecule has 1 rings (SSSR count). The van der Waals surface area contributed by atoms with E-state index >= 15 is 0 Å². The van der Waals surface area contributed by atoms with Crippen molar-refractivity contribution in [2.75, 3.05) is 25.4 Å². The van der Waals surface area contributed by atoms with Gasteiger partial charge in [0.2, 0.25) is 5.91 Å². The van der Waals surface area contributed by atoms with Gasteiger partial charge in [0.1, 0.15) is 12.4 Å². The number of carbonyl (C=O) groups is 2. The Bertz CT molecular complexity index is 815. The Labute approximate surface area is 183 Å². The van der Waals surface area contributed by atoms with Crippen molar-refractivity contribution in [3.8, 4) is 0 Å². The summed E-state index contributed by atoms with van der Waals surface area (Å²) in [4.78, 5) is 47.4. The highest BCUT2D eigenvalue weighted by atomic mass is 16.2. The lowest BCUT2D eigenvalue weighted by atomic mass is 9.96. The highest BCUT2D eigenvalue weighted by Crippen LogP contribution is 2.15. The van der Waals surface area contributed by atoms with Crippen LogP contribution in [-0.2, 0) is 16.1 Å². The molecule has 0 saturated carbocycles. The quantitative estimate of drug-likeness (QED) is 0.178. The smallest absolute Gasteiger partial charge is 0.349 e. The van der Waals surface area contributed by atoms with E-state index in [0.29, 0.717) is 32.5 Å². The van der Waals surface area contributed by atoms with Gasteiger partial charge in [-0.25, -0.2) is 4.79 Å². The van der Waals surface area contributed by atoms with Crippen LogP contribution in [0.15, 0.2) is 22.1 Å². The van der Waals surface area contributed by atoms with E-state index in [1.165, 1.54) is 21.7 Å². The predicted molar refractivity (Wildman–Crippen MR) is 121 cm³/mol. The first kappa shape index (κ1) is 26.1. The molecule has 0 spiro atoms. The molecular formula is C20H36N8O3. The number of ketones is 1. The average Bonchev–Trinajstić information content (AvgIpc) is 2.67. The molecule has 11 nitrogen and oxygen atoms in total. The molecule has 1 atom stereocenters. The van der Waals surface area contributed by atoms with Gasteiger partial charge in [-0.15, -0.1) is 0 Å². The second-order valence-corrected chi connectivity index (χ2v) is 7.98. The van der Waals surface area contributed by atoms with Crippen molar-refractivity contribution in [1.29, 1.82) is 0 Å². The molecule has 1 heterocycles. The number of Topliss-reactive ketones (excluding diaryl/α,β-unsaturated/α-hetero) is 1. The highest BCUT2D eigenvalue weighted by Gasteiger charge is 2.30. The average molecular weight is 437 g/mol. The largest absolute Gasteiger partial charge is 0.383 e. The number of hydrogen-bond donors (Lipinski definition) is 4. The number of aromatic nitrogens is 2. The van der Waals surface area contributed by atoms with Crippen LogP contribution >= 0.6 is 0 Å². The van der Waals surface area contributed by atoms with Crippen LogP contribution in [-0.4, -0.2) is 63.8 Å². The number of amides is 1. The van der Waals surface area contributed by atoms with Crippen molar-refractivity contribution < 1.29 is 9.59 Å². The first-order chi connectivity index (χ1) is 14.5. The first-order valence-corrected chi connectivity index (χ1v) is 10.5. The maximum absolute atomic E-state index is 13.2. The summed E-state index contributed by atoms with van der Waals surface area (Å²) >= 11 is 0. The zero-order valence-corrected chi connectivity index (χ0v) is 18.9. The highest BCUT2D eigenvalue weighted by molar-refractivity contribution is 5.90. The molecule has 0 unspecified atom stereocenters. The fourth-order valence-electron chi connectivity index (χ4n) is 3.06. The van der Waals surface area contributed by atoms with Crippen LogP contribution in [0, 0.1) is 5.92 Å². The zero-order valence-electron chi connectivity index (χ0n) is 18.9. The molecule has 0 aromatic carbocycles. The van der Waals surface area contributed by atoms with Crippen molar-refractivity contribution in [2.45, 2.75) is 59.2 Å². The summed E-state index contributed by atoms with van der Waals surface area (Å²) in [5.41, 5.74) is 15.6. The van der Waals surface area contributed by atoms with Crippen LogP contribution < -0.4 is 28.2 Å². The van der Waals surface area contributed by atoms with Crippen LogP contribution in [0.1, 0.15) is 40.5 Å². The third-order valence-corrected chi connectivity index (χ3v) is 4.63. The Hall–Kier alpha value is -2.95. The van der Waals surface area contributed by atoms with Gasteiger partial charge >= 0.3 is 5.69 Å². The molecule has 0 saturated heterocycles. The lowest BCUT2D eigenvalue weighted by molar-refractivity contribution is -0.141. The van der Waals surface area contributed by atoms with Gasteiger partial charge in [0.05, 0.1) is 6.04 Å². The summed E-state index contributed by atoms with van der Waals surface area (Å²) in [7, 11) is 0. The van der Waals surface area contributed by atoms with Crippen molar-refractivity contribution >= 4 is 23.5 Å². The molecule has 0 aliphatic heterocycles. The van der Waals surface area contributed by atoms with Crippen LogP contribution in [0.3, 0.4) is 0 Å². The number of rotatable bonds is 13. The standard InChI is InChI=1S/C20H36N8O3/c1-13(2)18(30)15(6-5-8-25-19(22)23)28(11-9-24-14(3)4)17(29)12-27-10-7-16(21)26-20(27)31/h7,10,13-15,24H,5-6,8-9,11-12H2,1-4H3,(H2,21,26,31)(H4,22,23,25)/t15-/m1/s1. The van der Waals surface area contributed by atoms with E-state index in [1.807, 2.05) is 13.8 Å². The van der Waals surface area contributed by atoms with Crippen LogP contribution in [0.2, 0.25) is 0 Å². The van der Waals surface area contributed by atoms with Gasteiger partial charge in [-0.3, -0.25) is 19.1 Å². The third-order valence-electron chi connectivity index (χ3n) is 4.63. The molecule has 1 aromatic heterocycles. The first-order valence-electron chi connectivity index (χ1n) is 10.5. The topological polar surface area (TPSA) is 175 Å². The van der Waals surface area contributed by atoms with E-state index in [2.05, 4.69) is 15.3 Å². The van der Waals surface area contributed by atoms with Crippen molar-refractivity contribution in [3.05, 3.63) is 22.7 Å². The van der Waals surface area contributed by atoms with Gasteiger partial charge in [-0.1, -0.05) is 27.7 Å². The maximum Gasteiger partial charge on any atom is 0.349 e. The second-order valence-electron chi connectivity index (χ2n) is 7.98. The SMILES string of the molecule is CC(C)NCCN(C(=O)Cn1ccc(N)nc1=O)[C@H](CCCN=C(N)N)C(=O)C(C)C. The number of guanidine groups is 1. The van der Waals surface area contributed by atoms with Crippen molar-refractivity contribution in [2.24, 2.45) is 22.4 Å². The third kappa shape index (κ3) is 9.16. The Balaban J connectivity index is 3.12. The number of hydrogen-bond acceptors (Lipinski definition) is 7. The monoisotopic (exact) mass is 436 g/mol.